The van der Waals surface area contributed by atoms with Crippen molar-refractivity contribution in [2.24, 2.45) is 0 Å². The lowest BCUT2D eigenvalue weighted by Crippen LogP contribution is -2.43. The van der Waals surface area contributed by atoms with Gasteiger partial charge in [-0.15, -0.1) is 0 Å². The maximum Gasteiger partial charge on any atom is 0.215 e. The molecule has 1 aliphatic rings. The molecule has 4 rings (SSSR count). The fourth-order valence-electron chi connectivity index (χ4n) is 3.69. The third-order valence-electron chi connectivity index (χ3n) is 5.14. The second-order valence-corrected chi connectivity index (χ2v) is 9.55. The molecule has 1 N–H and O–H groups in total. The number of benzene rings is 2. The Kier molecular flexibility index (Phi) is 6.08. The zero-order valence-corrected chi connectivity index (χ0v) is 17.2. The van der Waals surface area contributed by atoms with Crippen LogP contribution in [0.15, 0.2) is 59.3 Å². The first-order chi connectivity index (χ1) is 13.6. The van der Waals surface area contributed by atoms with Gasteiger partial charge in [0.25, 0.3) is 0 Å². The third-order valence-corrected chi connectivity index (χ3v) is 7.14. The van der Waals surface area contributed by atoms with Crippen molar-refractivity contribution in [1.82, 2.24) is 9.62 Å². The summed E-state index contributed by atoms with van der Waals surface area (Å²) in [6.45, 7) is 3.35. The normalized spacial score (nSPS) is 17.0. The molecule has 7 heteroatoms. The fraction of sp³-hybridized carbons (Fsp3) is 0.333. The largest absolute Gasteiger partial charge is 0.379 e. The van der Waals surface area contributed by atoms with E-state index in [-0.39, 0.29) is 11.8 Å². The van der Waals surface area contributed by atoms with Crippen molar-refractivity contribution in [2.45, 2.75) is 11.8 Å². The van der Waals surface area contributed by atoms with Gasteiger partial charge in [0.15, 0.2) is 0 Å². The van der Waals surface area contributed by atoms with E-state index in [9.17, 15) is 8.42 Å². The van der Waals surface area contributed by atoms with Crippen LogP contribution in [0, 0.1) is 0 Å². The van der Waals surface area contributed by atoms with Gasteiger partial charge in [0.1, 0.15) is 0 Å². The van der Waals surface area contributed by atoms with Crippen LogP contribution in [0.4, 0.5) is 0 Å². The lowest BCUT2D eigenvalue weighted by molar-refractivity contribution is 0.0173. The van der Waals surface area contributed by atoms with Gasteiger partial charge in [-0.2, -0.15) is 11.3 Å². The van der Waals surface area contributed by atoms with Gasteiger partial charge >= 0.3 is 0 Å². The number of nitrogens with zero attached hydrogens (tertiary/aromatic N) is 1. The van der Waals surface area contributed by atoms with E-state index in [4.69, 9.17) is 4.74 Å². The number of fused-ring (bicyclic) bond motifs is 1. The highest BCUT2D eigenvalue weighted by Gasteiger charge is 2.25. The zero-order chi connectivity index (χ0) is 19.4. The zero-order valence-electron chi connectivity index (χ0n) is 15.6. The highest BCUT2D eigenvalue weighted by atomic mass is 32.2. The monoisotopic (exact) mass is 416 g/mol. The molecular weight excluding hydrogens is 392 g/mol. The maximum absolute atomic E-state index is 12.8. The number of ether oxygens (including phenoxy) is 1. The molecule has 1 aromatic heterocycles. The van der Waals surface area contributed by atoms with Crippen LogP contribution < -0.4 is 4.72 Å². The topological polar surface area (TPSA) is 58.6 Å². The average Bonchev–Trinajstić information content (AvgIpc) is 3.23. The Balaban J connectivity index is 1.50. The summed E-state index contributed by atoms with van der Waals surface area (Å²) in [5, 5.41) is 6.17. The molecular formula is C21H24N2O3S2. The minimum atomic E-state index is -3.46. The molecule has 0 saturated carbocycles. The van der Waals surface area contributed by atoms with Gasteiger partial charge in [-0.1, -0.05) is 42.5 Å². The third kappa shape index (κ3) is 4.61. The van der Waals surface area contributed by atoms with Crippen molar-refractivity contribution in [3.05, 3.63) is 70.4 Å². The Labute approximate surface area is 170 Å². The van der Waals surface area contributed by atoms with Crippen LogP contribution in [0.25, 0.3) is 10.8 Å². The lowest BCUT2D eigenvalue weighted by Gasteiger charge is -2.34. The molecule has 1 saturated heterocycles. The van der Waals surface area contributed by atoms with E-state index in [0.29, 0.717) is 19.8 Å². The summed E-state index contributed by atoms with van der Waals surface area (Å²) in [7, 11) is -3.46. The minimum Gasteiger partial charge on any atom is -0.379 e. The molecule has 1 unspecified atom stereocenters. The number of thiophene rings is 1. The molecule has 0 spiro atoms. The van der Waals surface area contributed by atoms with Crippen molar-refractivity contribution in [3.63, 3.8) is 0 Å². The number of sulfonamides is 1. The van der Waals surface area contributed by atoms with Crippen LogP contribution >= 0.6 is 11.3 Å². The molecule has 28 heavy (non-hydrogen) atoms. The molecule has 1 fully saturated rings. The van der Waals surface area contributed by atoms with E-state index in [2.05, 4.69) is 21.1 Å². The standard InChI is InChI=1S/C21H24N2O3S2/c24-28(25,16-19-6-3-5-17-4-1-2-7-20(17)19)22-14-21(18-8-13-27-15-18)23-9-11-26-12-10-23/h1-8,13,15,21-22H,9-12,14,16H2. The summed E-state index contributed by atoms with van der Waals surface area (Å²) < 4.78 is 34.0. The van der Waals surface area contributed by atoms with Crippen LogP contribution in [-0.2, 0) is 20.5 Å². The van der Waals surface area contributed by atoms with Crippen LogP contribution in [-0.4, -0.2) is 46.2 Å². The van der Waals surface area contributed by atoms with Gasteiger partial charge in [-0.25, -0.2) is 13.1 Å². The summed E-state index contributed by atoms with van der Waals surface area (Å²) in [5.41, 5.74) is 1.98. The molecule has 1 atom stereocenters. The van der Waals surface area contributed by atoms with Crippen molar-refractivity contribution in [3.8, 4) is 0 Å². The quantitative estimate of drug-likeness (QED) is 0.641. The highest BCUT2D eigenvalue weighted by molar-refractivity contribution is 7.88. The van der Waals surface area contributed by atoms with Gasteiger partial charge < -0.3 is 4.74 Å². The van der Waals surface area contributed by atoms with E-state index >= 15 is 0 Å². The van der Waals surface area contributed by atoms with Crippen molar-refractivity contribution in [1.29, 1.82) is 0 Å². The first-order valence-electron chi connectivity index (χ1n) is 9.40. The van der Waals surface area contributed by atoms with Crippen molar-refractivity contribution in [2.75, 3.05) is 32.8 Å². The molecule has 1 aliphatic heterocycles. The second-order valence-electron chi connectivity index (χ2n) is 6.97. The van der Waals surface area contributed by atoms with E-state index in [1.807, 2.05) is 47.8 Å². The molecule has 0 bridgehead atoms. The number of morpholine rings is 1. The Bertz CT molecular complexity index is 1010. The van der Waals surface area contributed by atoms with Gasteiger partial charge in [-0.3, -0.25) is 4.90 Å². The summed E-state index contributed by atoms with van der Waals surface area (Å²) in [4.78, 5) is 2.30. The molecule has 0 amide bonds. The Hall–Kier alpha value is -1.77. The number of rotatable bonds is 7. The van der Waals surface area contributed by atoms with Crippen molar-refractivity contribution < 1.29 is 13.2 Å². The Morgan fingerprint density at radius 2 is 1.86 bits per heavy atom. The van der Waals surface area contributed by atoms with Gasteiger partial charge in [0, 0.05) is 25.7 Å². The first kappa shape index (κ1) is 19.5. The number of hydrogen-bond acceptors (Lipinski definition) is 5. The number of hydrogen-bond donors (Lipinski definition) is 1. The Morgan fingerprint density at radius 3 is 2.64 bits per heavy atom. The summed E-state index contributed by atoms with van der Waals surface area (Å²) in [5.74, 6) is -0.0200. The van der Waals surface area contributed by atoms with Crippen molar-refractivity contribution >= 4 is 32.1 Å². The van der Waals surface area contributed by atoms with E-state index in [1.165, 1.54) is 0 Å². The molecule has 0 aliphatic carbocycles. The van der Waals surface area contributed by atoms with Crippen LogP contribution in [0.3, 0.4) is 0 Å². The molecule has 3 aromatic rings. The number of nitrogens with one attached hydrogen (secondary N) is 1. The predicted molar refractivity (Wildman–Crippen MR) is 114 cm³/mol. The maximum atomic E-state index is 12.8. The van der Waals surface area contributed by atoms with Gasteiger partial charge in [-0.05, 0) is 38.7 Å². The fourth-order valence-corrected chi connectivity index (χ4v) is 5.57. The second kappa shape index (κ2) is 8.71. The molecule has 2 heterocycles. The lowest BCUT2D eigenvalue weighted by atomic mass is 10.1. The predicted octanol–water partition coefficient (Wildman–Crippen LogP) is 3.39. The summed E-state index contributed by atoms with van der Waals surface area (Å²) in [6, 6.07) is 15.8. The highest BCUT2D eigenvalue weighted by Crippen LogP contribution is 2.24. The molecule has 2 aromatic carbocycles. The van der Waals surface area contributed by atoms with Gasteiger partial charge in [0.2, 0.25) is 10.0 Å². The molecule has 0 radical (unpaired) electrons. The first-order valence-corrected chi connectivity index (χ1v) is 12.0. The van der Waals surface area contributed by atoms with E-state index in [0.717, 1.165) is 35.0 Å². The SMILES string of the molecule is O=S(=O)(Cc1cccc2ccccc12)NCC(c1ccsc1)N1CCOCC1. The van der Waals surface area contributed by atoms with Crippen LogP contribution in [0.2, 0.25) is 0 Å². The van der Waals surface area contributed by atoms with E-state index in [1.54, 1.807) is 11.3 Å². The smallest absolute Gasteiger partial charge is 0.215 e. The van der Waals surface area contributed by atoms with Crippen LogP contribution in [0.5, 0.6) is 0 Å². The molecule has 148 valence electrons. The van der Waals surface area contributed by atoms with Gasteiger partial charge in [0.05, 0.1) is 19.0 Å². The Morgan fingerprint density at radius 1 is 1.07 bits per heavy atom. The van der Waals surface area contributed by atoms with E-state index < -0.39 is 10.0 Å². The molecule has 5 nitrogen and oxygen atoms in total. The summed E-state index contributed by atoms with van der Waals surface area (Å²) in [6.07, 6.45) is 0. The summed E-state index contributed by atoms with van der Waals surface area (Å²) >= 11 is 1.63. The minimum absolute atomic E-state index is 0.0200. The average molecular weight is 417 g/mol. The van der Waals surface area contributed by atoms with Crippen LogP contribution in [0.1, 0.15) is 17.2 Å².